The lowest BCUT2D eigenvalue weighted by atomic mass is 10.1. The Morgan fingerprint density at radius 3 is 1.93 bits per heavy atom. The van der Waals surface area contributed by atoms with E-state index >= 15 is 0 Å². The van der Waals surface area contributed by atoms with Gasteiger partial charge in [0.1, 0.15) is 6.61 Å². The Balaban J connectivity index is 1.40. The Hall–Kier alpha value is -4.06. The van der Waals surface area contributed by atoms with Crippen LogP contribution in [0.3, 0.4) is 0 Å². The third-order valence-electron chi connectivity index (χ3n) is 4.54. The van der Waals surface area contributed by atoms with Gasteiger partial charge in [-0.2, -0.15) is 0 Å². The van der Waals surface area contributed by atoms with Crippen LogP contribution >= 0.6 is 0 Å². The van der Waals surface area contributed by atoms with Crippen LogP contribution in [0.25, 0.3) is 22.9 Å². The fourth-order valence-corrected chi connectivity index (χ4v) is 2.85. The van der Waals surface area contributed by atoms with Crippen molar-refractivity contribution >= 4 is 11.8 Å². The number of ether oxygens (including phenoxy) is 1. The number of esters is 1. The monoisotopic (exact) mass is 398 g/mol. The maximum atomic E-state index is 12.3. The normalized spacial score (nSPS) is 10.6. The molecule has 0 aliphatic carbocycles. The van der Waals surface area contributed by atoms with Crippen LogP contribution in [0, 0.1) is 0 Å². The average molecular weight is 398 g/mol. The highest BCUT2D eigenvalue weighted by atomic mass is 16.5. The molecule has 1 heterocycles. The molecule has 4 rings (SSSR count). The van der Waals surface area contributed by atoms with Crippen LogP contribution in [0.2, 0.25) is 0 Å². The first kappa shape index (κ1) is 19.3. The van der Waals surface area contributed by atoms with Gasteiger partial charge in [-0.25, -0.2) is 4.79 Å². The summed E-state index contributed by atoms with van der Waals surface area (Å²) in [5.74, 6) is 0.368. The van der Waals surface area contributed by atoms with Crippen molar-refractivity contribution in [2.75, 3.05) is 0 Å². The Morgan fingerprint density at radius 1 is 0.767 bits per heavy atom. The number of carbonyl (C=O) groups excluding carboxylic acids is 2. The van der Waals surface area contributed by atoms with Crippen LogP contribution in [0.15, 0.2) is 83.3 Å². The number of ketones is 1. The smallest absolute Gasteiger partial charge is 0.338 e. The number of nitrogens with zero attached hydrogens (tertiary/aromatic N) is 2. The molecule has 4 aromatic rings. The van der Waals surface area contributed by atoms with Gasteiger partial charge in [0.25, 0.3) is 0 Å². The largest absolute Gasteiger partial charge is 0.457 e. The highest BCUT2D eigenvalue weighted by Crippen LogP contribution is 2.24. The topological polar surface area (TPSA) is 82.3 Å². The molecule has 30 heavy (non-hydrogen) atoms. The summed E-state index contributed by atoms with van der Waals surface area (Å²) in [4.78, 5) is 23.6. The average Bonchev–Trinajstić information content (AvgIpc) is 3.29. The highest BCUT2D eigenvalue weighted by Gasteiger charge is 2.12. The van der Waals surface area contributed by atoms with E-state index in [1.54, 1.807) is 48.5 Å². The summed E-state index contributed by atoms with van der Waals surface area (Å²) in [6, 6.07) is 23.3. The van der Waals surface area contributed by atoms with Crippen LogP contribution in [0.1, 0.15) is 33.2 Å². The molecular formula is C24H18N2O4. The van der Waals surface area contributed by atoms with Crippen molar-refractivity contribution < 1.29 is 18.7 Å². The van der Waals surface area contributed by atoms with Crippen molar-refractivity contribution in [3.8, 4) is 22.9 Å². The zero-order valence-corrected chi connectivity index (χ0v) is 16.2. The van der Waals surface area contributed by atoms with Crippen molar-refractivity contribution in [1.82, 2.24) is 10.2 Å². The van der Waals surface area contributed by atoms with Gasteiger partial charge in [-0.15, -0.1) is 10.2 Å². The van der Waals surface area contributed by atoms with E-state index in [1.165, 1.54) is 6.92 Å². The van der Waals surface area contributed by atoms with Gasteiger partial charge in [0.2, 0.25) is 11.8 Å². The predicted molar refractivity (Wildman–Crippen MR) is 111 cm³/mol. The molecule has 0 atom stereocenters. The van der Waals surface area contributed by atoms with Gasteiger partial charge in [-0.3, -0.25) is 4.79 Å². The van der Waals surface area contributed by atoms with Gasteiger partial charge in [-0.1, -0.05) is 42.5 Å². The van der Waals surface area contributed by atoms with E-state index < -0.39 is 5.97 Å². The van der Waals surface area contributed by atoms with Crippen molar-refractivity contribution in [3.63, 3.8) is 0 Å². The summed E-state index contributed by atoms with van der Waals surface area (Å²) in [5, 5.41) is 8.15. The summed E-state index contributed by atoms with van der Waals surface area (Å²) in [6.07, 6.45) is 0. The van der Waals surface area contributed by atoms with E-state index in [2.05, 4.69) is 10.2 Å². The van der Waals surface area contributed by atoms with Crippen molar-refractivity contribution in [3.05, 3.63) is 95.6 Å². The first-order chi connectivity index (χ1) is 14.6. The van der Waals surface area contributed by atoms with Crippen molar-refractivity contribution in [1.29, 1.82) is 0 Å². The van der Waals surface area contributed by atoms with E-state index in [-0.39, 0.29) is 12.4 Å². The standard InChI is InChI=1S/C24H18N2O4/c1-16(27)18-9-7-17(8-10-18)15-29-24(28)21-13-11-20(12-14-21)23-26-25-22(30-23)19-5-3-2-4-6-19/h2-14H,15H2,1H3. The van der Waals surface area contributed by atoms with E-state index in [1.807, 2.05) is 30.3 Å². The van der Waals surface area contributed by atoms with Crippen LogP contribution in [0.5, 0.6) is 0 Å². The zero-order chi connectivity index (χ0) is 20.9. The van der Waals surface area contributed by atoms with Gasteiger partial charge in [0.05, 0.1) is 5.56 Å². The highest BCUT2D eigenvalue weighted by molar-refractivity contribution is 5.94. The SMILES string of the molecule is CC(=O)c1ccc(COC(=O)c2ccc(-c3nnc(-c4ccccc4)o3)cc2)cc1. The number of Topliss-reactive ketones (excluding diaryl/α,β-unsaturated/α-hetero) is 1. The summed E-state index contributed by atoms with van der Waals surface area (Å²) in [6.45, 7) is 1.64. The fourth-order valence-electron chi connectivity index (χ4n) is 2.85. The summed E-state index contributed by atoms with van der Waals surface area (Å²) >= 11 is 0. The molecule has 0 unspecified atom stereocenters. The first-order valence-electron chi connectivity index (χ1n) is 9.36. The van der Waals surface area contributed by atoms with E-state index in [4.69, 9.17) is 9.15 Å². The molecule has 6 nitrogen and oxygen atoms in total. The van der Waals surface area contributed by atoms with Crippen LogP contribution in [0.4, 0.5) is 0 Å². The van der Waals surface area contributed by atoms with Gasteiger partial charge < -0.3 is 9.15 Å². The summed E-state index contributed by atoms with van der Waals surface area (Å²) in [5.41, 5.74) is 3.40. The molecule has 0 aliphatic rings. The number of hydrogen-bond donors (Lipinski definition) is 0. The second-order valence-corrected chi connectivity index (χ2v) is 6.68. The van der Waals surface area contributed by atoms with Crippen molar-refractivity contribution in [2.24, 2.45) is 0 Å². The summed E-state index contributed by atoms with van der Waals surface area (Å²) < 4.78 is 11.1. The van der Waals surface area contributed by atoms with Gasteiger partial charge >= 0.3 is 5.97 Å². The van der Waals surface area contributed by atoms with Gasteiger partial charge in [0, 0.05) is 16.7 Å². The molecule has 0 fully saturated rings. The number of carbonyl (C=O) groups is 2. The lowest BCUT2D eigenvalue weighted by Gasteiger charge is -2.06. The van der Waals surface area contributed by atoms with Crippen LogP contribution in [-0.2, 0) is 11.3 Å². The number of benzene rings is 3. The first-order valence-corrected chi connectivity index (χ1v) is 9.36. The second-order valence-electron chi connectivity index (χ2n) is 6.68. The molecule has 0 saturated carbocycles. The molecule has 6 heteroatoms. The number of hydrogen-bond acceptors (Lipinski definition) is 6. The molecule has 1 aromatic heterocycles. The minimum absolute atomic E-state index is 0.00392. The van der Waals surface area contributed by atoms with Gasteiger partial charge in [0.15, 0.2) is 5.78 Å². The minimum atomic E-state index is -0.437. The molecule has 0 amide bonds. The van der Waals surface area contributed by atoms with E-state index in [9.17, 15) is 9.59 Å². The molecule has 0 bridgehead atoms. The van der Waals surface area contributed by atoms with Crippen molar-refractivity contribution in [2.45, 2.75) is 13.5 Å². The Labute approximate surface area is 173 Å². The molecule has 0 radical (unpaired) electrons. The minimum Gasteiger partial charge on any atom is -0.457 e. The maximum absolute atomic E-state index is 12.3. The maximum Gasteiger partial charge on any atom is 0.338 e. The predicted octanol–water partition coefficient (Wildman–Crippen LogP) is 4.96. The molecular weight excluding hydrogens is 380 g/mol. The lowest BCUT2D eigenvalue weighted by molar-refractivity contribution is 0.0472. The third kappa shape index (κ3) is 4.33. The van der Waals surface area contributed by atoms with E-state index in [0.717, 1.165) is 11.1 Å². The quantitative estimate of drug-likeness (QED) is 0.337. The number of aromatic nitrogens is 2. The fraction of sp³-hybridized carbons (Fsp3) is 0.0833. The molecule has 0 saturated heterocycles. The molecule has 148 valence electrons. The Kier molecular flexibility index (Phi) is 5.48. The summed E-state index contributed by atoms with van der Waals surface area (Å²) in [7, 11) is 0. The van der Waals surface area contributed by atoms with Crippen LogP contribution in [-0.4, -0.2) is 21.9 Å². The van der Waals surface area contributed by atoms with E-state index in [0.29, 0.717) is 28.5 Å². The lowest BCUT2D eigenvalue weighted by Crippen LogP contribution is -2.05. The number of rotatable bonds is 6. The molecule has 0 N–H and O–H groups in total. The third-order valence-corrected chi connectivity index (χ3v) is 4.54. The Morgan fingerprint density at radius 2 is 1.33 bits per heavy atom. The second kappa shape index (κ2) is 8.53. The molecule has 3 aromatic carbocycles. The molecule has 0 spiro atoms. The van der Waals surface area contributed by atoms with Gasteiger partial charge in [-0.05, 0) is 48.9 Å². The Bertz CT molecular complexity index is 1160. The zero-order valence-electron chi connectivity index (χ0n) is 16.2. The molecule has 0 aliphatic heterocycles. The van der Waals surface area contributed by atoms with Crippen LogP contribution < -0.4 is 0 Å².